The standard InChI is InChI=1S/C24H36N4O2S/c1-4-25-24(26-17-19-8-5-10-21(16-19)30-14-13-29-3)27-18-20-9-6-12-28(2)23(20)22-11-7-15-31-22/h5,7-8,10-11,15-16,20,23H,4,6,9,12-14,17-18H2,1-3H3,(H2,25,26,27). The smallest absolute Gasteiger partial charge is 0.191 e. The molecule has 0 bridgehead atoms. The summed E-state index contributed by atoms with van der Waals surface area (Å²) < 4.78 is 10.8. The van der Waals surface area contributed by atoms with Crippen LogP contribution in [-0.2, 0) is 11.3 Å². The number of hydrogen-bond acceptors (Lipinski definition) is 5. The van der Waals surface area contributed by atoms with E-state index in [4.69, 9.17) is 14.5 Å². The van der Waals surface area contributed by atoms with Crippen molar-refractivity contribution in [2.24, 2.45) is 10.9 Å². The highest BCUT2D eigenvalue weighted by Crippen LogP contribution is 2.36. The normalized spacial score (nSPS) is 19.9. The van der Waals surface area contributed by atoms with Crippen molar-refractivity contribution < 1.29 is 9.47 Å². The quantitative estimate of drug-likeness (QED) is 0.331. The maximum Gasteiger partial charge on any atom is 0.191 e. The third-order valence-corrected chi connectivity index (χ3v) is 6.54. The Balaban J connectivity index is 1.60. The molecule has 1 aromatic carbocycles. The molecule has 6 nitrogen and oxygen atoms in total. The molecule has 31 heavy (non-hydrogen) atoms. The van der Waals surface area contributed by atoms with Crippen LogP contribution in [0.1, 0.15) is 36.2 Å². The fraction of sp³-hybridized carbons (Fsp3) is 0.542. The molecule has 7 heteroatoms. The van der Waals surface area contributed by atoms with E-state index in [1.807, 2.05) is 29.5 Å². The summed E-state index contributed by atoms with van der Waals surface area (Å²) in [5.74, 6) is 2.29. The van der Waals surface area contributed by atoms with Crippen LogP contribution in [0.15, 0.2) is 46.8 Å². The Morgan fingerprint density at radius 2 is 2.13 bits per heavy atom. The van der Waals surface area contributed by atoms with E-state index in [-0.39, 0.29) is 0 Å². The lowest BCUT2D eigenvalue weighted by atomic mass is 9.88. The summed E-state index contributed by atoms with van der Waals surface area (Å²) in [5, 5.41) is 9.17. The van der Waals surface area contributed by atoms with Gasteiger partial charge in [-0.25, -0.2) is 4.99 Å². The zero-order valence-corrected chi connectivity index (χ0v) is 19.8. The molecular formula is C24H36N4O2S. The minimum absolute atomic E-state index is 0.477. The maximum absolute atomic E-state index is 5.72. The van der Waals surface area contributed by atoms with E-state index in [0.29, 0.717) is 31.7 Å². The van der Waals surface area contributed by atoms with Gasteiger partial charge in [0.15, 0.2) is 5.96 Å². The Morgan fingerprint density at radius 1 is 1.23 bits per heavy atom. The number of likely N-dealkylation sites (tertiary alicyclic amines) is 1. The molecule has 1 fully saturated rings. The molecule has 2 atom stereocenters. The number of nitrogens with zero attached hydrogens (tertiary/aromatic N) is 2. The third-order valence-electron chi connectivity index (χ3n) is 5.59. The molecule has 2 heterocycles. The van der Waals surface area contributed by atoms with E-state index < -0.39 is 0 Å². The van der Waals surface area contributed by atoms with Crippen molar-refractivity contribution in [3.05, 3.63) is 52.2 Å². The summed E-state index contributed by atoms with van der Waals surface area (Å²) in [6.45, 7) is 6.76. The van der Waals surface area contributed by atoms with Gasteiger partial charge in [-0.2, -0.15) is 0 Å². The van der Waals surface area contributed by atoms with E-state index in [1.165, 1.54) is 17.7 Å². The molecule has 0 amide bonds. The average molecular weight is 445 g/mol. The van der Waals surface area contributed by atoms with Crippen LogP contribution in [0, 0.1) is 5.92 Å². The van der Waals surface area contributed by atoms with E-state index in [1.54, 1.807) is 7.11 Å². The maximum atomic E-state index is 5.72. The van der Waals surface area contributed by atoms with E-state index in [0.717, 1.165) is 36.9 Å². The second-order valence-electron chi connectivity index (χ2n) is 7.91. The summed E-state index contributed by atoms with van der Waals surface area (Å²) in [6.07, 6.45) is 2.48. The summed E-state index contributed by atoms with van der Waals surface area (Å²) in [5.41, 5.74) is 1.13. The van der Waals surface area contributed by atoms with Crippen LogP contribution in [-0.4, -0.2) is 57.9 Å². The molecule has 2 N–H and O–H groups in total. The molecule has 0 saturated carbocycles. The number of thiophene rings is 1. The van der Waals surface area contributed by atoms with Gasteiger partial charge in [0, 0.05) is 31.1 Å². The zero-order valence-electron chi connectivity index (χ0n) is 19.0. The van der Waals surface area contributed by atoms with Crippen molar-refractivity contribution in [2.75, 3.05) is 47.0 Å². The molecular weight excluding hydrogens is 408 g/mol. The molecule has 0 radical (unpaired) electrons. The Bertz CT molecular complexity index is 797. The molecule has 1 aliphatic rings. The fourth-order valence-electron chi connectivity index (χ4n) is 4.10. The fourth-order valence-corrected chi connectivity index (χ4v) is 5.08. The molecule has 170 valence electrons. The van der Waals surface area contributed by atoms with E-state index in [2.05, 4.69) is 53.1 Å². The van der Waals surface area contributed by atoms with Crippen LogP contribution in [0.2, 0.25) is 0 Å². The summed E-state index contributed by atoms with van der Waals surface area (Å²) >= 11 is 1.86. The molecule has 1 saturated heterocycles. The van der Waals surface area contributed by atoms with E-state index in [9.17, 15) is 0 Å². The Labute approximate surface area is 190 Å². The number of piperidine rings is 1. The zero-order chi connectivity index (χ0) is 21.9. The van der Waals surface area contributed by atoms with Gasteiger partial charge in [0.2, 0.25) is 0 Å². The number of aliphatic imine (C=N–C) groups is 1. The first-order chi connectivity index (χ1) is 15.2. The van der Waals surface area contributed by atoms with Crippen LogP contribution in [0.4, 0.5) is 0 Å². The number of ether oxygens (including phenoxy) is 2. The lowest BCUT2D eigenvalue weighted by Gasteiger charge is -2.39. The van der Waals surface area contributed by atoms with Crippen molar-refractivity contribution in [2.45, 2.75) is 32.4 Å². The largest absolute Gasteiger partial charge is 0.491 e. The van der Waals surface area contributed by atoms with Crippen LogP contribution >= 0.6 is 11.3 Å². The molecule has 1 aromatic heterocycles. The van der Waals surface area contributed by atoms with Gasteiger partial charge in [0.05, 0.1) is 13.2 Å². The minimum Gasteiger partial charge on any atom is -0.491 e. The van der Waals surface area contributed by atoms with Gasteiger partial charge in [0.1, 0.15) is 12.4 Å². The van der Waals surface area contributed by atoms with Gasteiger partial charge in [0.25, 0.3) is 0 Å². The topological polar surface area (TPSA) is 58.1 Å². The van der Waals surface area contributed by atoms with Gasteiger partial charge in [-0.3, -0.25) is 4.90 Å². The molecule has 2 aromatic rings. The van der Waals surface area contributed by atoms with Crippen molar-refractivity contribution >= 4 is 17.3 Å². The number of rotatable bonds is 10. The van der Waals surface area contributed by atoms with Crippen LogP contribution < -0.4 is 15.4 Å². The second-order valence-corrected chi connectivity index (χ2v) is 8.89. The molecule has 0 spiro atoms. The average Bonchev–Trinajstić information content (AvgIpc) is 3.30. The first-order valence-corrected chi connectivity index (χ1v) is 12.1. The summed E-state index contributed by atoms with van der Waals surface area (Å²) in [7, 11) is 3.93. The van der Waals surface area contributed by atoms with E-state index >= 15 is 0 Å². The first kappa shape index (κ1) is 23.6. The molecule has 2 unspecified atom stereocenters. The van der Waals surface area contributed by atoms with Crippen molar-refractivity contribution in [1.29, 1.82) is 0 Å². The van der Waals surface area contributed by atoms with Gasteiger partial charge in [-0.15, -0.1) is 11.3 Å². The molecule has 3 rings (SSSR count). The van der Waals surface area contributed by atoms with Crippen LogP contribution in [0.25, 0.3) is 0 Å². The summed E-state index contributed by atoms with van der Waals surface area (Å²) in [4.78, 5) is 8.78. The number of hydrogen-bond donors (Lipinski definition) is 2. The predicted octanol–water partition coefficient (Wildman–Crippen LogP) is 3.91. The summed E-state index contributed by atoms with van der Waals surface area (Å²) in [6, 6.07) is 13.0. The second kappa shape index (κ2) is 12.7. The van der Waals surface area contributed by atoms with Crippen molar-refractivity contribution in [3.63, 3.8) is 0 Å². The first-order valence-electron chi connectivity index (χ1n) is 11.2. The van der Waals surface area contributed by atoms with Crippen LogP contribution in [0.5, 0.6) is 5.75 Å². The Hall–Kier alpha value is -2.09. The number of methoxy groups -OCH3 is 1. The van der Waals surface area contributed by atoms with Gasteiger partial charge in [-0.05, 0) is 68.4 Å². The lowest BCUT2D eigenvalue weighted by Crippen LogP contribution is -2.44. The van der Waals surface area contributed by atoms with Gasteiger partial charge in [-0.1, -0.05) is 18.2 Å². The van der Waals surface area contributed by atoms with Crippen molar-refractivity contribution in [3.8, 4) is 5.75 Å². The SMILES string of the molecule is CCNC(=NCc1cccc(OCCOC)c1)NCC1CCCN(C)C1c1cccs1. The minimum atomic E-state index is 0.477. The van der Waals surface area contributed by atoms with Gasteiger partial charge < -0.3 is 20.1 Å². The molecule has 0 aliphatic carbocycles. The monoisotopic (exact) mass is 444 g/mol. The van der Waals surface area contributed by atoms with Crippen LogP contribution in [0.3, 0.4) is 0 Å². The highest BCUT2D eigenvalue weighted by atomic mass is 32.1. The Kier molecular flexibility index (Phi) is 9.65. The van der Waals surface area contributed by atoms with Gasteiger partial charge >= 0.3 is 0 Å². The lowest BCUT2D eigenvalue weighted by molar-refractivity contribution is 0.125. The Morgan fingerprint density at radius 3 is 2.90 bits per heavy atom. The number of nitrogens with one attached hydrogen (secondary N) is 2. The highest BCUT2D eigenvalue weighted by Gasteiger charge is 2.31. The number of guanidine groups is 1. The molecule has 1 aliphatic heterocycles. The third kappa shape index (κ3) is 7.23. The highest BCUT2D eigenvalue weighted by molar-refractivity contribution is 7.10. The predicted molar refractivity (Wildman–Crippen MR) is 129 cm³/mol. The number of benzene rings is 1. The van der Waals surface area contributed by atoms with Crippen molar-refractivity contribution in [1.82, 2.24) is 15.5 Å².